The normalized spacial score (nSPS) is 12.7. The molecule has 4 N–H and O–H groups in total. The van der Waals surface area contributed by atoms with Gasteiger partial charge in [0.15, 0.2) is 0 Å². The minimum atomic E-state index is -3.33. The van der Waals surface area contributed by atoms with Crippen molar-refractivity contribution in [3.63, 3.8) is 0 Å². The topological polar surface area (TPSA) is 279 Å². The maximum absolute atomic E-state index is 12.6. The van der Waals surface area contributed by atoms with Gasteiger partial charge in [-0.25, -0.2) is 14.4 Å². The zero-order valence-electron chi connectivity index (χ0n) is 53.8. The third-order valence-corrected chi connectivity index (χ3v) is 19.9. The van der Waals surface area contributed by atoms with Crippen molar-refractivity contribution in [2.45, 2.75) is 195 Å². The van der Waals surface area contributed by atoms with Crippen molar-refractivity contribution in [2.24, 2.45) is 11.7 Å². The number of halogens is 1. The van der Waals surface area contributed by atoms with Crippen LogP contribution in [0.2, 0.25) is 51.4 Å². The van der Waals surface area contributed by atoms with Gasteiger partial charge in [0.05, 0.1) is 66.8 Å². The van der Waals surface area contributed by atoms with Gasteiger partial charge in [0.25, 0.3) is 0 Å². The molecule has 2 aliphatic rings. The Kier molecular flexibility index (Phi) is 43.1. The van der Waals surface area contributed by atoms with Gasteiger partial charge in [0, 0.05) is 62.8 Å². The lowest BCUT2D eigenvalue weighted by molar-refractivity contribution is -0.137. The zero-order chi connectivity index (χ0) is 64.9. The number of ether oxygens (including phenoxy) is 7. The van der Waals surface area contributed by atoms with Crippen molar-refractivity contribution >= 4 is 72.2 Å². The summed E-state index contributed by atoms with van der Waals surface area (Å²) in [5.41, 5.74) is 12.4. The molecule has 0 spiro atoms. The number of rotatable bonds is 33. The van der Waals surface area contributed by atoms with Gasteiger partial charge >= 0.3 is 38.5 Å². The molecule has 2 aliphatic heterocycles. The van der Waals surface area contributed by atoms with Gasteiger partial charge in [-0.05, 0) is 110 Å². The Morgan fingerprint density at radius 2 is 1.03 bits per heavy atom. The van der Waals surface area contributed by atoms with E-state index in [9.17, 15) is 33.1 Å². The summed E-state index contributed by atoms with van der Waals surface area (Å²) in [6.07, 6.45) is 6.09. The molecule has 0 aliphatic carbocycles. The molecular weight excluding hydrogens is 1230 g/mol. The molecule has 0 saturated carbocycles. The number of hydrogen-bond acceptors (Lipinski definition) is 19. The van der Waals surface area contributed by atoms with E-state index in [1.54, 1.807) is 41.9 Å². The molecule has 26 heteroatoms. The van der Waals surface area contributed by atoms with Crippen LogP contribution in [0, 0.1) is 19.8 Å². The van der Waals surface area contributed by atoms with Crippen molar-refractivity contribution < 1.29 is 89.5 Å². The van der Waals surface area contributed by atoms with E-state index in [4.69, 9.17) is 69.0 Å². The molecule has 0 aromatic heterocycles. The minimum absolute atomic E-state index is 0. The average Bonchev–Trinajstić information content (AvgIpc) is 1.74. The van der Waals surface area contributed by atoms with E-state index in [0.29, 0.717) is 98.8 Å². The fourth-order valence-electron chi connectivity index (χ4n) is 8.19. The highest BCUT2D eigenvalue weighted by atomic mass is 35.5. The number of methoxy groups -OCH3 is 2. The van der Waals surface area contributed by atoms with Gasteiger partial charge in [-0.15, -0.1) is 0 Å². The molecule has 88 heavy (non-hydrogen) atoms. The third kappa shape index (κ3) is 31.5. The molecule has 0 saturated heterocycles. The minimum Gasteiger partial charge on any atom is -0.496 e. The molecule has 21 nitrogen and oxygen atoms in total. The molecule has 0 fully saturated rings. The third-order valence-electron chi connectivity index (χ3n) is 12.8. The lowest BCUT2D eigenvalue weighted by Crippen LogP contribution is -2.25. The number of carbonyl (C=O) groups excluding carboxylic acids is 4. The van der Waals surface area contributed by atoms with Gasteiger partial charge in [-0.3, -0.25) is 18.7 Å². The number of hydrogen-bond donors (Lipinski definition) is 3. The molecule has 508 valence electrons. The van der Waals surface area contributed by atoms with Crippen LogP contribution in [0.15, 0.2) is 23.3 Å². The molecular formula is C62H111ClN2O19P2Si2. The summed E-state index contributed by atoms with van der Waals surface area (Å²) in [7, 11) is -5.67. The molecule has 0 unspecified atom stereocenters. The number of fused-ring (bicyclic) bond motifs is 2. The first-order valence-electron chi connectivity index (χ1n) is 28.8. The van der Waals surface area contributed by atoms with Gasteiger partial charge in [-0.1, -0.05) is 98.7 Å². The van der Waals surface area contributed by atoms with E-state index in [2.05, 4.69) is 49.3 Å². The number of carbonyl (C=O) groups is 5. The van der Waals surface area contributed by atoms with Crippen LogP contribution < -0.4 is 30.0 Å². The van der Waals surface area contributed by atoms with E-state index in [1.165, 1.54) is 0 Å². The predicted molar refractivity (Wildman–Crippen MR) is 358 cm³/mol. The number of cyclic esters (lactones) is 2. The standard InChI is InChI=1S/C27H44NO8PSi.C22H32O6Si.C5H9ClO2.C5H14NO3P.3CH4/c1-9-35-37(31,36-10-2)18-28-23(29)14-12-19(3)11-13-21-25(32-5)20(4)22-17-34-27(30)24(22)26(21)33-15-16-38(6,7)8;1-14(8-10-18(23)24)7-9-16-20(26-3)15(2)17-13-28-22(25)19(17)21(16)27-11-12-29(4,5)6;1-4(2)3-8-5(6)7;1-3-8-10(7,5-6)9-4-2;;;/h11H,9-10,12-18H2,1-8H3,(H,28,29);7H,8-13H2,1-6H3,(H,23,24);4H,3H2,1-2H3;3-6H2,1-2H3;3*1H4/b19-11+;14-7+;;;;;. The van der Waals surface area contributed by atoms with Crippen molar-refractivity contribution in [3.8, 4) is 23.0 Å². The summed E-state index contributed by atoms with van der Waals surface area (Å²) in [4.78, 5) is 58.2. The zero-order valence-corrected chi connectivity index (χ0v) is 58.4. The summed E-state index contributed by atoms with van der Waals surface area (Å²) in [6, 6.07) is 1.93. The molecule has 2 aromatic carbocycles. The molecule has 0 atom stereocenters. The monoisotopic (exact) mass is 1340 g/mol. The second kappa shape index (κ2) is 43.3. The highest BCUT2D eigenvalue weighted by Gasteiger charge is 2.35. The van der Waals surface area contributed by atoms with Crippen LogP contribution >= 0.6 is 26.8 Å². The van der Waals surface area contributed by atoms with Crippen LogP contribution in [0.4, 0.5) is 4.79 Å². The Balaban J connectivity index is -0.00000127. The number of amides is 1. The first-order chi connectivity index (χ1) is 39.7. The number of nitrogens with one attached hydrogen (secondary N) is 1. The first-order valence-corrected chi connectivity index (χ1v) is 40.1. The highest BCUT2D eigenvalue weighted by molar-refractivity contribution is 7.54. The van der Waals surface area contributed by atoms with Crippen molar-refractivity contribution in [1.29, 1.82) is 0 Å². The van der Waals surface area contributed by atoms with Gasteiger partial charge in [0.2, 0.25) is 5.91 Å². The molecule has 0 radical (unpaired) electrons. The Bertz CT molecular complexity index is 2670. The second-order valence-corrected chi connectivity index (χ2v) is 38.5. The molecule has 1 amide bonds. The lowest BCUT2D eigenvalue weighted by atomic mass is 9.94. The first kappa shape index (κ1) is 87.7. The number of carboxylic acids is 1. The van der Waals surface area contributed by atoms with E-state index >= 15 is 0 Å². The van der Waals surface area contributed by atoms with Crippen molar-refractivity contribution in [1.82, 2.24) is 5.32 Å². The van der Waals surface area contributed by atoms with Gasteiger partial charge < -0.3 is 67.4 Å². The van der Waals surface area contributed by atoms with Crippen LogP contribution in [-0.4, -0.2) is 124 Å². The highest BCUT2D eigenvalue weighted by Crippen LogP contribution is 2.48. The Morgan fingerprint density at radius 3 is 1.34 bits per heavy atom. The fourth-order valence-corrected chi connectivity index (χ4v) is 12.2. The van der Waals surface area contributed by atoms with Gasteiger partial charge in [-0.2, -0.15) is 0 Å². The SMILES string of the molecule is C.C.C.CC(C)COC(=O)Cl.CCOP(=O)(CN)OCC.CCOP(=O)(CNC(=O)CC/C(C)=C/Cc1c(OC)c(C)c2c(c1OCC[Si](C)(C)C)C(=O)OC2)OCC.COc1c(C)c2c(c(OCC[Si](C)(C)C)c1C/C=C(\C)CCC(=O)O)C(=O)OC2. The molecule has 2 heterocycles. The largest absolute Gasteiger partial charge is 0.496 e. The molecule has 4 rings (SSSR count). The van der Waals surface area contributed by atoms with Crippen molar-refractivity contribution in [3.05, 3.63) is 67.8 Å². The average molecular weight is 1340 g/mol. The van der Waals surface area contributed by atoms with Crippen LogP contribution in [0.25, 0.3) is 0 Å². The van der Waals surface area contributed by atoms with E-state index in [1.807, 2.05) is 53.7 Å². The molecule has 2 aromatic rings. The maximum Gasteiger partial charge on any atom is 0.403 e. The van der Waals surface area contributed by atoms with E-state index in [-0.39, 0.29) is 92.0 Å². The number of esters is 2. The Hall–Kier alpha value is -4.55. The maximum atomic E-state index is 12.6. The van der Waals surface area contributed by atoms with Crippen LogP contribution in [-0.2, 0) is 77.1 Å². The van der Waals surface area contributed by atoms with Gasteiger partial charge in [0.1, 0.15) is 53.6 Å². The number of nitrogens with two attached hydrogens (primary N) is 1. The number of aliphatic carboxylic acids is 1. The molecule has 0 bridgehead atoms. The van der Waals surface area contributed by atoms with Crippen LogP contribution in [0.1, 0.15) is 157 Å². The number of carboxylic acid groups (broad SMARTS) is 1. The predicted octanol–water partition coefficient (Wildman–Crippen LogP) is 15.8. The summed E-state index contributed by atoms with van der Waals surface area (Å²) in [6.45, 7) is 35.4. The lowest BCUT2D eigenvalue weighted by Gasteiger charge is -2.21. The van der Waals surface area contributed by atoms with E-state index in [0.717, 1.165) is 56.6 Å². The summed E-state index contributed by atoms with van der Waals surface area (Å²) in [5.74, 6) is 1.05. The summed E-state index contributed by atoms with van der Waals surface area (Å²) in [5, 5.41) is 11.6. The summed E-state index contributed by atoms with van der Waals surface area (Å²) >= 11 is 4.86. The second-order valence-electron chi connectivity index (χ2n) is 22.8. The Labute approximate surface area is 534 Å². The van der Waals surface area contributed by atoms with Crippen LogP contribution in [0.5, 0.6) is 23.0 Å². The number of allylic oxidation sites excluding steroid dienone is 4. The van der Waals surface area contributed by atoms with Crippen molar-refractivity contribution in [2.75, 3.05) is 73.0 Å². The number of benzene rings is 2. The fraction of sp³-hybridized carbons (Fsp3) is 0.661. The Morgan fingerprint density at radius 1 is 0.659 bits per heavy atom. The summed E-state index contributed by atoms with van der Waals surface area (Å²) < 4.78 is 82.8. The smallest absolute Gasteiger partial charge is 0.403 e. The quantitative estimate of drug-likeness (QED) is 0.0149. The van der Waals surface area contributed by atoms with Crippen LogP contribution in [0.3, 0.4) is 0 Å². The van der Waals surface area contributed by atoms with E-state index < -0.39 is 42.7 Å².